The minimum atomic E-state index is -1.17. The van der Waals surface area contributed by atoms with Crippen molar-refractivity contribution in [3.63, 3.8) is 0 Å². The van der Waals surface area contributed by atoms with Gasteiger partial charge in [-0.3, -0.25) is 14.5 Å². The summed E-state index contributed by atoms with van der Waals surface area (Å²) in [6.45, 7) is 4.00. The van der Waals surface area contributed by atoms with Gasteiger partial charge in [0.15, 0.2) is 0 Å². The standard InChI is InChI=1S/C23H25ClN4O4/c1-2-23(16-6-4-3-5-7-16)21(30)28(22(31)26-23)15-20(29)25-18-14-17(24)8-9-19(18)27-10-12-32-13-11-27/h3-9,14H,2,10-13,15H2,1H3,(H,25,29)(H,26,31)/t23-/m0/s1. The van der Waals surface area contributed by atoms with Gasteiger partial charge in [-0.1, -0.05) is 48.9 Å². The lowest BCUT2D eigenvalue weighted by Gasteiger charge is -2.30. The number of nitrogens with zero attached hydrogens (tertiary/aromatic N) is 2. The molecule has 4 rings (SSSR count). The number of anilines is 2. The molecule has 2 aromatic carbocycles. The van der Waals surface area contributed by atoms with Crippen molar-refractivity contribution in [3.05, 3.63) is 59.1 Å². The lowest BCUT2D eigenvalue weighted by molar-refractivity contribution is -0.134. The average Bonchev–Trinajstić information content (AvgIpc) is 3.05. The van der Waals surface area contributed by atoms with Gasteiger partial charge in [0.1, 0.15) is 12.1 Å². The molecule has 2 N–H and O–H groups in total. The van der Waals surface area contributed by atoms with Gasteiger partial charge in [-0.15, -0.1) is 0 Å². The molecule has 0 spiro atoms. The second-order valence-electron chi connectivity index (χ2n) is 7.76. The van der Waals surface area contributed by atoms with E-state index in [2.05, 4.69) is 15.5 Å². The Morgan fingerprint density at radius 3 is 2.56 bits per heavy atom. The number of morpholine rings is 1. The van der Waals surface area contributed by atoms with E-state index in [1.807, 2.05) is 31.2 Å². The topological polar surface area (TPSA) is 91.0 Å². The Morgan fingerprint density at radius 2 is 1.88 bits per heavy atom. The van der Waals surface area contributed by atoms with Gasteiger partial charge in [0.05, 0.1) is 24.6 Å². The van der Waals surface area contributed by atoms with Crippen LogP contribution in [0.25, 0.3) is 0 Å². The first-order chi connectivity index (χ1) is 15.4. The number of carbonyl (C=O) groups excluding carboxylic acids is 3. The number of benzene rings is 2. The number of halogens is 1. The summed E-state index contributed by atoms with van der Waals surface area (Å²) in [7, 11) is 0. The maximum Gasteiger partial charge on any atom is 0.325 e. The van der Waals surface area contributed by atoms with Crippen LogP contribution >= 0.6 is 11.6 Å². The van der Waals surface area contributed by atoms with E-state index in [1.54, 1.807) is 24.3 Å². The van der Waals surface area contributed by atoms with Gasteiger partial charge in [0.25, 0.3) is 5.91 Å². The molecule has 0 aromatic heterocycles. The Hall–Kier alpha value is -3.10. The van der Waals surface area contributed by atoms with E-state index >= 15 is 0 Å². The number of hydrogen-bond donors (Lipinski definition) is 2. The highest BCUT2D eigenvalue weighted by molar-refractivity contribution is 6.31. The molecule has 2 aliphatic rings. The zero-order valence-electron chi connectivity index (χ0n) is 17.8. The summed E-state index contributed by atoms with van der Waals surface area (Å²) in [6, 6.07) is 13.7. The number of amides is 4. The van der Waals surface area contributed by atoms with E-state index in [-0.39, 0.29) is 0 Å². The fraction of sp³-hybridized carbons (Fsp3) is 0.348. The number of nitrogens with one attached hydrogen (secondary N) is 2. The molecule has 0 saturated carbocycles. The summed E-state index contributed by atoms with van der Waals surface area (Å²) in [6.07, 6.45) is 0.370. The van der Waals surface area contributed by atoms with Crippen LogP contribution in [0, 0.1) is 0 Å². The molecule has 2 aliphatic heterocycles. The number of hydrogen-bond acceptors (Lipinski definition) is 5. The summed E-state index contributed by atoms with van der Waals surface area (Å²) >= 11 is 6.16. The van der Waals surface area contributed by atoms with Gasteiger partial charge in [0, 0.05) is 18.1 Å². The third-order valence-corrected chi connectivity index (χ3v) is 6.09. The molecule has 2 aromatic rings. The lowest BCUT2D eigenvalue weighted by atomic mass is 9.87. The van der Waals surface area contributed by atoms with Crippen LogP contribution in [-0.2, 0) is 19.9 Å². The van der Waals surface area contributed by atoms with Crippen LogP contribution in [0.4, 0.5) is 16.2 Å². The SMILES string of the molecule is CC[C@@]1(c2ccccc2)NC(=O)N(CC(=O)Nc2cc(Cl)ccc2N2CCOCC2)C1=O. The zero-order valence-corrected chi connectivity index (χ0v) is 18.5. The molecule has 2 fully saturated rings. The van der Waals surface area contributed by atoms with Crippen LogP contribution in [0.1, 0.15) is 18.9 Å². The fourth-order valence-corrected chi connectivity index (χ4v) is 4.33. The minimum absolute atomic E-state index is 0.370. The Balaban J connectivity index is 1.52. The third kappa shape index (κ3) is 4.16. The van der Waals surface area contributed by atoms with E-state index in [4.69, 9.17) is 16.3 Å². The zero-order chi connectivity index (χ0) is 22.7. The Kier molecular flexibility index (Phi) is 6.34. The van der Waals surface area contributed by atoms with Gasteiger partial charge in [0.2, 0.25) is 5.91 Å². The van der Waals surface area contributed by atoms with E-state index < -0.39 is 29.9 Å². The van der Waals surface area contributed by atoms with E-state index in [0.717, 1.165) is 10.6 Å². The number of imide groups is 1. The molecule has 0 radical (unpaired) electrons. The minimum Gasteiger partial charge on any atom is -0.378 e. The van der Waals surface area contributed by atoms with Crippen LogP contribution in [0.3, 0.4) is 0 Å². The van der Waals surface area contributed by atoms with Crippen molar-refractivity contribution < 1.29 is 19.1 Å². The van der Waals surface area contributed by atoms with E-state index in [0.29, 0.717) is 49.0 Å². The van der Waals surface area contributed by atoms with Crippen LogP contribution in [-0.4, -0.2) is 55.6 Å². The van der Waals surface area contributed by atoms with Gasteiger partial charge in [-0.2, -0.15) is 0 Å². The van der Waals surface area contributed by atoms with Crippen molar-refractivity contribution >= 4 is 40.8 Å². The molecular formula is C23H25ClN4O4. The normalized spacial score (nSPS) is 20.9. The first-order valence-corrected chi connectivity index (χ1v) is 10.9. The van der Waals surface area contributed by atoms with E-state index in [9.17, 15) is 14.4 Å². The smallest absolute Gasteiger partial charge is 0.325 e. The van der Waals surface area contributed by atoms with Crippen molar-refractivity contribution in [2.24, 2.45) is 0 Å². The molecule has 9 heteroatoms. The quantitative estimate of drug-likeness (QED) is 0.652. The summed E-state index contributed by atoms with van der Waals surface area (Å²) < 4.78 is 5.40. The van der Waals surface area contributed by atoms with Gasteiger partial charge >= 0.3 is 6.03 Å². The monoisotopic (exact) mass is 456 g/mol. The highest BCUT2D eigenvalue weighted by Crippen LogP contribution is 2.33. The summed E-state index contributed by atoms with van der Waals surface area (Å²) in [5, 5.41) is 6.08. The van der Waals surface area contributed by atoms with E-state index in [1.165, 1.54) is 0 Å². The Morgan fingerprint density at radius 1 is 1.16 bits per heavy atom. The highest BCUT2D eigenvalue weighted by Gasteiger charge is 2.51. The van der Waals surface area contributed by atoms with Crippen molar-refractivity contribution in [2.45, 2.75) is 18.9 Å². The lowest BCUT2D eigenvalue weighted by Crippen LogP contribution is -2.44. The first kappa shape index (κ1) is 22.1. The molecule has 168 valence electrons. The average molecular weight is 457 g/mol. The molecule has 8 nitrogen and oxygen atoms in total. The highest BCUT2D eigenvalue weighted by atomic mass is 35.5. The van der Waals surface area contributed by atoms with Crippen LogP contribution in [0.5, 0.6) is 0 Å². The Labute approximate surface area is 191 Å². The van der Waals surface area contributed by atoms with Crippen LogP contribution in [0.2, 0.25) is 5.02 Å². The van der Waals surface area contributed by atoms with Crippen LogP contribution < -0.4 is 15.5 Å². The second-order valence-corrected chi connectivity index (χ2v) is 8.19. The number of urea groups is 1. The number of rotatable bonds is 6. The maximum atomic E-state index is 13.2. The van der Waals surface area contributed by atoms with Gasteiger partial charge in [-0.25, -0.2) is 4.79 Å². The van der Waals surface area contributed by atoms with Crippen molar-refractivity contribution in [1.29, 1.82) is 0 Å². The summed E-state index contributed by atoms with van der Waals surface area (Å²) in [5.41, 5.74) is 0.859. The molecule has 2 heterocycles. The maximum absolute atomic E-state index is 13.2. The molecule has 4 amide bonds. The van der Waals surface area contributed by atoms with Crippen molar-refractivity contribution in [1.82, 2.24) is 10.2 Å². The summed E-state index contributed by atoms with van der Waals surface area (Å²) in [5.74, 6) is -0.920. The third-order valence-electron chi connectivity index (χ3n) is 5.86. The second kappa shape index (κ2) is 9.18. The molecule has 0 bridgehead atoms. The molecule has 1 atom stereocenters. The number of carbonyl (C=O) groups is 3. The van der Waals surface area contributed by atoms with Gasteiger partial charge < -0.3 is 20.3 Å². The predicted octanol–water partition coefficient (Wildman–Crippen LogP) is 2.97. The predicted molar refractivity (Wildman–Crippen MR) is 122 cm³/mol. The van der Waals surface area contributed by atoms with Crippen LogP contribution in [0.15, 0.2) is 48.5 Å². The first-order valence-electron chi connectivity index (χ1n) is 10.6. The largest absolute Gasteiger partial charge is 0.378 e. The molecule has 32 heavy (non-hydrogen) atoms. The molecule has 0 unspecified atom stereocenters. The fourth-order valence-electron chi connectivity index (χ4n) is 4.15. The molecule has 0 aliphatic carbocycles. The van der Waals surface area contributed by atoms with Crippen molar-refractivity contribution in [3.8, 4) is 0 Å². The molecular weight excluding hydrogens is 432 g/mol. The number of ether oxygens (including phenoxy) is 1. The Bertz CT molecular complexity index is 1030. The molecule has 2 saturated heterocycles. The summed E-state index contributed by atoms with van der Waals surface area (Å²) in [4.78, 5) is 41.8. The van der Waals surface area contributed by atoms with Gasteiger partial charge in [-0.05, 0) is 30.2 Å². The van der Waals surface area contributed by atoms with Crippen molar-refractivity contribution in [2.75, 3.05) is 43.1 Å².